The van der Waals surface area contributed by atoms with Gasteiger partial charge < -0.3 is 21.1 Å². The maximum atomic E-state index is 12.4. The number of rotatable bonds is 5. The van der Waals surface area contributed by atoms with Crippen LogP contribution in [0.25, 0.3) is 0 Å². The second-order valence-corrected chi connectivity index (χ2v) is 5.32. The van der Waals surface area contributed by atoms with Gasteiger partial charge in [-0.25, -0.2) is 4.98 Å². The van der Waals surface area contributed by atoms with Crippen LogP contribution in [0.4, 0.5) is 22.9 Å². The highest BCUT2D eigenvalue weighted by atomic mass is 16.5. The predicted molar refractivity (Wildman–Crippen MR) is 99.3 cm³/mol. The molecular formula is C19H18N4O2. The van der Waals surface area contributed by atoms with Gasteiger partial charge in [0.15, 0.2) is 0 Å². The minimum atomic E-state index is -0.332. The highest BCUT2D eigenvalue weighted by Gasteiger charge is 2.11. The number of ether oxygens (including phenoxy) is 1. The van der Waals surface area contributed by atoms with Crippen molar-refractivity contribution in [3.05, 3.63) is 72.4 Å². The van der Waals surface area contributed by atoms with Crippen LogP contribution < -0.4 is 21.1 Å². The van der Waals surface area contributed by atoms with Gasteiger partial charge in [0.2, 0.25) is 0 Å². The van der Waals surface area contributed by atoms with Crippen LogP contribution in [0.5, 0.6) is 5.75 Å². The number of carbonyl (C=O) groups excluding carboxylic acids is 1. The van der Waals surface area contributed by atoms with Crippen molar-refractivity contribution in [2.24, 2.45) is 0 Å². The summed E-state index contributed by atoms with van der Waals surface area (Å²) in [5.41, 5.74) is 8.01. The van der Waals surface area contributed by atoms with Gasteiger partial charge in [-0.05, 0) is 30.3 Å². The molecule has 25 heavy (non-hydrogen) atoms. The summed E-state index contributed by atoms with van der Waals surface area (Å²) in [5, 5.41) is 5.92. The fraction of sp³-hybridized carbons (Fsp3) is 0.0526. The number of nitrogens with zero attached hydrogens (tertiary/aromatic N) is 1. The fourth-order valence-electron chi connectivity index (χ4n) is 2.33. The number of methoxy groups -OCH3 is 1. The van der Waals surface area contributed by atoms with Crippen molar-refractivity contribution in [1.82, 2.24) is 4.98 Å². The molecular weight excluding hydrogens is 316 g/mol. The lowest BCUT2D eigenvalue weighted by atomic mass is 10.2. The van der Waals surface area contributed by atoms with Gasteiger partial charge in [0.25, 0.3) is 5.91 Å². The molecule has 0 aliphatic heterocycles. The highest BCUT2D eigenvalue weighted by Crippen LogP contribution is 2.27. The standard InChI is InChI=1S/C19H18N4O2/c1-25-17-10-6-5-9-15(17)22-18-12-13(20)11-16(23-18)19(24)21-14-7-3-2-4-8-14/h2-12H,1H3,(H,21,24)(H3,20,22,23). The lowest BCUT2D eigenvalue weighted by Gasteiger charge is -2.12. The van der Waals surface area contributed by atoms with Crippen LogP contribution in [0, 0.1) is 0 Å². The van der Waals surface area contributed by atoms with Crippen molar-refractivity contribution < 1.29 is 9.53 Å². The Balaban J connectivity index is 1.84. The monoisotopic (exact) mass is 334 g/mol. The van der Waals surface area contributed by atoms with Gasteiger partial charge in [0.05, 0.1) is 12.8 Å². The average Bonchev–Trinajstić information content (AvgIpc) is 2.62. The summed E-state index contributed by atoms with van der Waals surface area (Å²) in [6.45, 7) is 0. The Morgan fingerprint density at radius 2 is 1.76 bits per heavy atom. The Morgan fingerprint density at radius 1 is 1.04 bits per heavy atom. The number of nitrogens with two attached hydrogens (primary N) is 1. The van der Waals surface area contributed by atoms with Gasteiger partial charge in [0.1, 0.15) is 17.3 Å². The van der Waals surface area contributed by atoms with E-state index in [4.69, 9.17) is 10.5 Å². The van der Waals surface area contributed by atoms with Crippen molar-refractivity contribution in [3.63, 3.8) is 0 Å². The van der Waals surface area contributed by atoms with E-state index < -0.39 is 0 Å². The summed E-state index contributed by atoms with van der Waals surface area (Å²) in [4.78, 5) is 16.8. The molecule has 6 heteroatoms. The number of nitrogens with one attached hydrogen (secondary N) is 2. The summed E-state index contributed by atoms with van der Waals surface area (Å²) in [5.74, 6) is 0.797. The van der Waals surface area contributed by atoms with Crippen molar-refractivity contribution in [1.29, 1.82) is 0 Å². The van der Waals surface area contributed by atoms with E-state index in [0.29, 0.717) is 22.9 Å². The number of anilines is 4. The van der Waals surface area contributed by atoms with Crippen LogP contribution in [0.3, 0.4) is 0 Å². The number of carbonyl (C=O) groups is 1. The minimum Gasteiger partial charge on any atom is -0.495 e. The Hall–Kier alpha value is -3.54. The third-order valence-corrected chi connectivity index (χ3v) is 3.48. The zero-order valence-corrected chi connectivity index (χ0v) is 13.7. The summed E-state index contributed by atoms with van der Waals surface area (Å²) < 4.78 is 5.30. The van der Waals surface area contributed by atoms with E-state index in [2.05, 4.69) is 15.6 Å². The van der Waals surface area contributed by atoms with E-state index in [1.165, 1.54) is 6.07 Å². The van der Waals surface area contributed by atoms with Crippen LogP contribution >= 0.6 is 0 Å². The smallest absolute Gasteiger partial charge is 0.274 e. The molecule has 1 amide bonds. The third-order valence-electron chi connectivity index (χ3n) is 3.48. The zero-order valence-electron chi connectivity index (χ0n) is 13.7. The molecule has 4 N–H and O–H groups in total. The fourth-order valence-corrected chi connectivity index (χ4v) is 2.33. The van der Waals surface area contributed by atoms with Crippen molar-refractivity contribution in [2.45, 2.75) is 0 Å². The number of aromatic nitrogens is 1. The van der Waals surface area contributed by atoms with Crippen LogP contribution in [-0.4, -0.2) is 18.0 Å². The number of hydrogen-bond acceptors (Lipinski definition) is 5. The second-order valence-electron chi connectivity index (χ2n) is 5.32. The molecule has 0 bridgehead atoms. The second kappa shape index (κ2) is 7.35. The topological polar surface area (TPSA) is 89.3 Å². The van der Waals surface area contributed by atoms with E-state index >= 15 is 0 Å². The molecule has 1 heterocycles. The molecule has 0 atom stereocenters. The number of hydrogen-bond donors (Lipinski definition) is 3. The molecule has 0 unspecified atom stereocenters. The molecule has 3 rings (SSSR count). The van der Waals surface area contributed by atoms with E-state index in [9.17, 15) is 4.79 Å². The summed E-state index contributed by atoms with van der Waals surface area (Å²) in [6, 6.07) is 19.8. The quantitative estimate of drug-likeness (QED) is 0.662. The van der Waals surface area contributed by atoms with E-state index in [1.807, 2.05) is 42.5 Å². The largest absolute Gasteiger partial charge is 0.495 e. The Kier molecular flexibility index (Phi) is 4.80. The number of nitrogen functional groups attached to an aromatic ring is 1. The molecule has 0 fully saturated rings. The molecule has 126 valence electrons. The maximum Gasteiger partial charge on any atom is 0.274 e. The molecule has 1 aromatic heterocycles. The molecule has 3 aromatic rings. The van der Waals surface area contributed by atoms with Gasteiger partial charge in [0, 0.05) is 17.4 Å². The number of benzene rings is 2. The molecule has 2 aromatic carbocycles. The zero-order chi connectivity index (χ0) is 17.6. The first kappa shape index (κ1) is 16.3. The summed E-state index contributed by atoms with van der Waals surface area (Å²) in [7, 11) is 1.59. The van der Waals surface area contributed by atoms with Crippen molar-refractivity contribution in [2.75, 3.05) is 23.5 Å². The normalized spacial score (nSPS) is 10.1. The Labute approximate surface area is 145 Å². The summed E-state index contributed by atoms with van der Waals surface area (Å²) in [6.07, 6.45) is 0. The molecule has 0 radical (unpaired) electrons. The van der Waals surface area contributed by atoms with Crippen LogP contribution in [0.2, 0.25) is 0 Å². The van der Waals surface area contributed by atoms with E-state index in [0.717, 1.165) is 5.69 Å². The van der Waals surface area contributed by atoms with Crippen molar-refractivity contribution >= 4 is 28.8 Å². The first-order valence-corrected chi connectivity index (χ1v) is 7.70. The van der Waals surface area contributed by atoms with Gasteiger partial charge in [-0.1, -0.05) is 30.3 Å². The molecule has 0 saturated heterocycles. The lowest BCUT2D eigenvalue weighted by Crippen LogP contribution is -2.14. The lowest BCUT2D eigenvalue weighted by molar-refractivity contribution is 0.102. The van der Waals surface area contributed by atoms with Crippen molar-refractivity contribution in [3.8, 4) is 5.75 Å². The highest BCUT2D eigenvalue weighted by molar-refractivity contribution is 6.03. The Bertz CT molecular complexity index is 882. The molecule has 0 aliphatic carbocycles. The van der Waals surface area contributed by atoms with Gasteiger partial charge in [-0.3, -0.25) is 4.79 Å². The SMILES string of the molecule is COc1ccccc1Nc1cc(N)cc(C(=O)Nc2ccccc2)n1. The van der Waals surface area contributed by atoms with Crippen LogP contribution in [0.15, 0.2) is 66.7 Å². The predicted octanol–water partition coefficient (Wildman–Crippen LogP) is 3.67. The molecule has 0 aliphatic rings. The molecule has 0 spiro atoms. The first-order valence-electron chi connectivity index (χ1n) is 7.70. The van der Waals surface area contributed by atoms with Crippen LogP contribution in [0.1, 0.15) is 10.5 Å². The number of pyridine rings is 1. The van der Waals surface area contributed by atoms with Crippen LogP contribution in [-0.2, 0) is 0 Å². The average molecular weight is 334 g/mol. The number of amides is 1. The maximum absolute atomic E-state index is 12.4. The third kappa shape index (κ3) is 4.06. The van der Waals surface area contributed by atoms with Gasteiger partial charge in [-0.15, -0.1) is 0 Å². The van der Waals surface area contributed by atoms with E-state index in [1.54, 1.807) is 25.3 Å². The van der Waals surface area contributed by atoms with Gasteiger partial charge in [-0.2, -0.15) is 0 Å². The van der Waals surface area contributed by atoms with E-state index in [-0.39, 0.29) is 11.6 Å². The van der Waals surface area contributed by atoms with Gasteiger partial charge >= 0.3 is 0 Å². The molecule has 6 nitrogen and oxygen atoms in total. The number of para-hydroxylation sites is 3. The minimum absolute atomic E-state index is 0.223. The Morgan fingerprint density at radius 3 is 2.52 bits per heavy atom. The molecule has 0 saturated carbocycles. The summed E-state index contributed by atoms with van der Waals surface area (Å²) >= 11 is 0. The first-order chi connectivity index (χ1) is 12.2.